The van der Waals surface area contributed by atoms with Crippen molar-refractivity contribution in [1.29, 1.82) is 0 Å². The highest BCUT2D eigenvalue weighted by atomic mass is 35.5. The number of cyclic esters (lactones) is 1. The highest BCUT2D eigenvalue weighted by molar-refractivity contribution is 7.13. The fraction of sp³-hybridized carbons (Fsp3) is 0.200. The molecule has 1 fully saturated rings. The third-order valence-corrected chi connectivity index (χ3v) is 4.64. The van der Waals surface area contributed by atoms with Crippen LogP contribution in [0.4, 0.5) is 16.2 Å². The summed E-state index contributed by atoms with van der Waals surface area (Å²) in [5.74, 6) is -0.215. The molecule has 1 unspecified atom stereocenters. The molecule has 1 saturated heterocycles. The second kappa shape index (κ2) is 6.47. The summed E-state index contributed by atoms with van der Waals surface area (Å²) in [5, 5.41) is 2.76. The number of nitrogens with zero attached hydrogens (tertiary/aromatic N) is 1. The average molecular weight is 353 g/mol. The number of carbonyl (C=O) groups is 2. The van der Waals surface area contributed by atoms with E-state index in [2.05, 4.69) is 5.32 Å². The number of halogens is 1. The molecule has 23 heavy (non-hydrogen) atoms. The maximum absolute atomic E-state index is 12.0. The number of rotatable bonds is 4. The molecule has 0 radical (unpaired) electrons. The zero-order valence-corrected chi connectivity index (χ0v) is 13.7. The lowest BCUT2D eigenvalue weighted by Crippen LogP contribution is -2.34. The molecule has 0 saturated carbocycles. The number of thiophene rings is 1. The topological polar surface area (TPSA) is 84.7 Å². The predicted molar refractivity (Wildman–Crippen MR) is 85.7 cm³/mol. The lowest BCUT2D eigenvalue weighted by molar-refractivity contribution is -0.281. The van der Waals surface area contributed by atoms with Crippen LogP contribution in [0.2, 0.25) is 4.34 Å². The number of nitrogens with two attached hydrogens (primary N) is 1. The van der Waals surface area contributed by atoms with E-state index in [1.807, 2.05) is 0 Å². The van der Waals surface area contributed by atoms with E-state index in [0.29, 0.717) is 27.1 Å². The number of nitrogen functional groups attached to an aromatic ring is 1. The van der Waals surface area contributed by atoms with Gasteiger partial charge in [-0.3, -0.25) is 9.69 Å². The van der Waals surface area contributed by atoms with Gasteiger partial charge in [-0.1, -0.05) is 11.3 Å². The van der Waals surface area contributed by atoms with E-state index < -0.39 is 12.2 Å². The molecule has 8 heteroatoms. The Morgan fingerprint density at radius 1 is 1.35 bits per heavy atom. The van der Waals surface area contributed by atoms with Gasteiger partial charge in [0, 0.05) is 17.4 Å². The Bertz CT molecular complexity index is 732. The third-order valence-electron chi connectivity index (χ3n) is 3.37. The molecule has 3 rings (SSSR count). The van der Waals surface area contributed by atoms with Crippen LogP contribution in [0.25, 0.3) is 0 Å². The Labute approximate surface area is 141 Å². The molecule has 1 atom stereocenters. The summed E-state index contributed by atoms with van der Waals surface area (Å²) in [6.07, 6.45) is -0.829. The molecular weight excluding hydrogens is 338 g/mol. The highest BCUT2D eigenvalue weighted by Gasteiger charge is 2.32. The van der Waals surface area contributed by atoms with Gasteiger partial charge in [0.1, 0.15) is 6.10 Å². The van der Waals surface area contributed by atoms with E-state index >= 15 is 0 Å². The van der Waals surface area contributed by atoms with Gasteiger partial charge in [-0.25, -0.2) is 4.79 Å². The Hall–Kier alpha value is -2.25. The molecular formula is C15H15ClN3O3S+. The molecule has 2 amide bonds. The molecule has 0 aliphatic carbocycles. The van der Waals surface area contributed by atoms with E-state index in [1.165, 1.54) is 16.2 Å². The van der Waals surface area contributed by atoms with Gasteiger partial charge < -0.3 is 15.8 Å². The van der Waals surface area contributed by atoms with Crippen molar-refractivity contribution < 1.29 is 25.9 Å². The van der Waals surface area contributed by atoms with Crippen LogP contribution in [0.5, 0.6) is 0 Å². The highest BCUT2D eigenvalue weighted by Crippen LogP contribution is 2.22. The van der Waals surface area contributed by atoms with Crippen LogP contribution in [0, 0.1) is 11.6 Å². The molecule has 2 heterocycles. The summed E-state index contributed by atoms with van der Waals surface area (Å²) in [4.78, 5) is 26.0. The van der Waals surface area contributed by atoms with E-state index in [9.17, 15) is 9.59 Å². The Kier molecular flexibility index (Phi) is 4.40. The minimum atomic E-state index is -0.432. The quantitative estimate of drug-likeness (QED) is 0.821. The van der Waals surface area contributed by atoms with Gasteiger partial charge in [-0.2, -0.15) is 0 Å². The van der Waals surface area contributed by atoms with E-state index in [-0.39, 0.29) is 12.5 Å². The molecule has 3 N–H and O–H groups in total. The van der Waals surface area contributed by atoms with Gasteiger partial charge in [0.15, 0.2) is 11.6 Å². The summed E-state index contributed by atoms with van der Waals surface area (Å²) in [5.41, 5.74) is 6.98. The fourth-order valence-corrected chi connectivity index (χ4v) is 3.22. The number of hydrogen-bond donors (Lipinski definition) is 2. The third kappa shape index (κ3) is 3.57. The van der Waals surface area contributed by atoms with Crippen molar-refractivity contribution in [1.82, 2.24) is 5.32 Å². The zero-order chi connectivity index (χ0) is 16.4. The Morgan fingerprint density at radius 3 is 2.74 bits per heavy atom. The molecule has 1 aliphatic rings. The van der Waals surface area contributed by atoms with Crippen molar-refractivity contribution in [2.45, 2.75) is 6.10 Å². The van der Waals surface area contributed by atoms with Gasteiger partial charge >= 0.3 is 6.09 Å². The standard InChI is InChI=1S/C15H14ClN3O3S/c16-13-6-5-12(23-13)14(20)18-7-11-8-19(15(21)22-11)10-3-1-9(17)2-4-10/h1-6,11,16H,7-8,17H2/p+1. The lowest BCUT2D eigenvalue weighted by atomic mass is 10.2. The second-order valence-electron chi connectivity index (χ2n) is 5.04. The smallest absolute Gasteiger partial charge is 0.414 e. The Morgan fingerprint density at radius 2 is 2.09 bits per heavy atom. The number of benzene rings is 1. The summed E-state index contributed by atoms with van der Waals surface area (Å²) >= 11 is 6.24. The second-order valence-corrected chi connectivity index (χ2v) is 6.82. The summed E-state index contributed by atoms with van der Waals surface area (Å²) in [6.45, 7) is 0.625. The van der Waals surface area contributed by atoms with Crippen molar-refractivity contribution >= 4 is 34.7 Å². The number of hydrogen-bond acceptors (Lipinski definition) is 5. The first-order valence-electron chi connectivity index (χ1n) is 6.91. The number of carbonyl (C=O) groups excluding carboxylic acids is 2. The monoisotopic (exact) mass is 352 g/mol. The fourth-order valence-electron chi connectivity index (χ4n) is 2.23. The van der Waals surface area contributed by atoms with Gasteiger partial charge in [-0.15, -0.1) is 0 Å². The van der Waals surface area contributed by atoms with Crippen LogP contribution in [-0.4, -0.2) is 31.2 Å². The van der Waals surface area contributed by atoms with Crippen LogP contribution in [0.15, 0.2) is 36.4 Å². The molecule has 2 aromatic rings. The molecule has 0 bridgehead atoms. The molecule has 120 valence electrons. The lowest BCUT2D eigenvalue weighted by Gasteiger charge is -2.13. The Balaban J connectivity index is 1.57. The minimum Gasteiger partial charge on any atom is -0.442 e. The van der Waals surface area contributed by atoms with Gasteiger partial charge in [0.25, 0.3) is 10.2 Å². The van der Waals surface area contributed by atoms with E-state index in [0.717, 1.165) is 0 Å². The van der Waals surface area contributed by atoms with Crippen LogP contribution in [0.3, 0.4) is 0 Å². The molecule has 6 nitrogen and oxygen atoms in total. The van der Waals surface area contributed by atoms with Crippen molar-refractivity contribution in [3.8, 4) is 0 Å². The van der Waals surface area contributed by atoms with Crippen molar-refractivity contribution in [3.63, 3.8) is 0 Å². The SMILES string of the molecule is Nc1ccc(N2CC(CNC(=O)c3ccc([ClH+])s3)OC2=O)cc1. The van der Waals surface area contributed by atoms with Gasteiger partial charge in [0.2, 0.25) is 0 Å². The van der Waals surface area contributed by atoms with Crippen LogP contribution in [-0.2, 0) is 4.74 Å². The van der Waals surface area contributed by atoms with Crippen molar-refractivity contribution in [2.75, 3.05) is 23.7 Å². The van der Waals surface area contributed by atoms with Crippen LogP contribution in [0.1, 0.15) is 9.67 Å². The first kappa shape index (κ1) is 15.6. The summed E-state index contributed by atoms with van der Waals surface area (Å²) in [7, 11) is 0. The average Bonchev–Trinajstić information content (AvgIpc) is 3.12. The molecule has 0 spiro atoms. The maximum atomic E-state index is 12.0. The molecule has 1 aromatic heterocycles. The summed E-state index contributed by atoms with van der Waals surface area (Å²) in [6, 6.07) is 10.4. The number of nitrogens with one attached hydrogen (secondary N) is 1. The molecule has 1 aromatic carbocycles. The van der Waals surface area contributed by atoms with Crippen LogP contribution < -0.4 is 16.0 Å². The zero-order valence-electron chi connectivity index (χ0n) is 12.0. The maximum Gasteiger partial charge on any atom is 0.414 e. The first-order chi connectivity index (χ1) is 11.0. The molecule has 1 aliphatic heterocycles. The van der Waals surface area contributed by atoms with E-state index in [4.69, 9.17) is 22.1 Å². The van der Waals surface area contributed by atoms with Gasteiger partial charge in [-0.05, 0) is 30.3 Å². The van der Waals surface area contributed by atoms with Crippen molar-refractivity contribution in [2.24, 2.45) is 0 Å². The van der Waals surface area contributed by atoms with Crippen molar-refractivity contribution in [3.05, 3.63) is 45.6 Å². The largest absolute Gasteiger partial charge is 0.442 e. The number of anilines is 2. The number of ether oxygens (including phenoxy) is 1. The minimum absolute atomic E-state index is 0.215. The first-order valence-corrected chi connectivity index (χ1v) is 8.14. The summed E-state index contributed by atoms with van der Waals surface area (Å²) < 4.78 is 5.94. The van der Waals surface area contributed by atoms with E-state index in [1.54, 1.807) is 36.4 Å². The van der Waals surface area contributed by atoms with Gasteiger partial charge in [0.05, 0.1) is 18.0 Å². The van der Waals surface area contributed by atoms with Crippen LogP contribution >= 0.6 is 11.3 Å². The predicted octanol–water partition coefficient (Wildman–Crippen LogP) is 1.78. The number of amides is 2. The normalized spacial score (nSPS) is 17.2.